The van der Waals surface area contributed by atoms with Crippen molar-refractivity contribution < 1.29 is 18.3 Å². The predicted octanol–water partition coefficient (Wildman–Crippen LogP) is 3.23. The third-order valence-corrected chi connectivity index (χ3v) is 4.41. The smallest absolute Gasteiger partial charge is 0.387 e. The molecule has 1 heterocycles. The largest absolute Gasteiger partial charge is 0.435 e. The Morgan fingerprint density at radius 3 is 2.38 bits per heavy atom. The van der Waals surface area contributed by atoms with Crippen molar-refractivity contribution >= 4 is 18.3 Å². The normalized spacial score (nSPS) is 16.6. The summed E-state index contributed by atoms with van der Waals surface area (Å²) in [6, 6.07) is 6.61. The van der Waals surface area contributed by atoms with E-state index in [1.807, 2.05) is 11.8 Å². The Bertz CT molecular complexity index is 504. The van der Waals surface area contributed by atoms with Crippen molar-refractivity contribution in [2.45, 2.75) is 45.3 Å². The SMILES string of the molecule is CC(N)C1CCN(C(=O)CCc2ccc(OC(F)F)cc2)CC1.Cl. The monoisotopic (exact) mass is 362 g/mol. The van der Waals surface area contributed by atoms with Crippen LogP contribution >= 0.6 is 12.4 Å². The van der Waals surface area contributed by atoms with E-state index in [9.17, 15) is 13.6 Å². The Morgan fingerprint density at radius 1 is 1.29 bits per heavy atom. The lowest BCUT2D eigenvalue weighted by Crippen LogP contribution is -2.42. The molecule has 136 valence electrons. The lowest BCUT2D eigenvalue weighted by Gasteiger charge is -2.33. The molecule has 0 radical (unpaired) electrons. The number of hydrogen-bond donors (Lipinski definition) is 1. The maximum absolute atomic E-state index is 12.2. The van der Waals surface area contributed by atoms with E-state index >= 15 is 0 Å². The average Bonchev–Trinajstić information content (AvgIpc) is 2.53. The van der Waals surface area contributed by atoms with Crippen LogP contribution in [0.25, 0.3) is 0 Å². The maximum Gasteiger partial charge on any atom is 0.387 e. The fraction of sp³-hybridized carbons (Fsp3) is 0.588. The molecule has 1 fully saturated rings. The van der Waals surface area contributed by atoms with Crippen molar-refractivity contribution in [3.63, 3.8) is 0 Å². The summed E-state index contributed by atoms with van der Waals surface area (Å²) in [6.07, 6.45) is 2.95. The number of benzene rings is 1. The van der Waals surface area contributed by atoms with Gasteiger partial charge < -0.3 is 15.4 Å². The molecule has 1 amide bonds. The zero-order valence-corrected chi connectivity index (χ0v) is 14.6. The topological polar surface area (TPSA) is 55.6 Å². The van der Waals surface area contributed by atoms with E-state index in [0.29, 0.717) is 18.8 Å². The van der Waals surface area contributed by atoms with Gasteiger partial charge in [-0.2, -0.15) is 8.78 Å². The van der Waals surface area contributed by atoms with E-state index in [2.05, 4.69) is 4.74 Å². The first kappa shape index (κ1) is 20.6. The van der Waals surface area contributed by atoms with Crippen LogP contribution < -0.4 is 10.5 Å². The van der Waals surface area contributed by atoms with E-state index in [4.69, 9.17) is 5.73 Å². The predicted molar refractivity (Wildman–Crippen MR) is 91.6 cm³/mol. The number of nitrogens with two attached hydrogens (primary N) is 1. The number of carbonyl (C=O) groups excluding carboxylic acids is 1. The van der Waals surface area contributed by atoms with Crippen LogP contribution in [-0.4, -0.2) is 36.5 Å². The Kier molecular flexibility index (Phi) is 8.42. The van der Waals surface area contributed by atoms with Crippen molar-refractivity contribution in [1.29, 1.82) is 0 Å². The average molecular weight is 363 g/mol. The van der Waals surface area contributed by atoms with Gasteiger partial charge in [0.15, 0.2) is 0 Å². The van der Waals surface area contributed by atoms with Gasteiger partial charge in [0, 0.05) is 25.6 Å². The molecule has 7 heteroatoms. The number of alkyl halides is 2. The highest BCUT2D eigenvalue weighted by Gasteiger charge is 2.24. The number of rotatable bonds is 6. The van der Waals surface area contributed by atoms with Gasteiger partial charge in [0.05, 0.1) is 0 Å². The van der Waals surface area contributed by atoms with E-state index in [0.717, 1.165) is 31.5 Å². The molecule has 1 atom stereocenters. The van der Waals surface area contributed by atoms with Gasteiger partial charge in [-0.05, 0) is 49.8 Å². The van der Waals surface area contributed by atoms with Crippen LogP contribution in [0.1, 0.15) is 31.7 Å². The Hall–Kier alpha value is -1.40. The second-order valence-electron chi connectivity index (χ2n) is 6.10. The minimum Gasteiger partial charge on any atom is -0.435 e. The Morgan fingerprint density at radius 2 is 1.88 bits per heavy atom. The molecule has 1 aliphatic rings. The van der Waals surface area contributed by atoms with Crippen LogP contribution in [0.2, 0.25) is 0 Å². The summed E-state index contributed by atoms with van der Waals surface area (Å²) in [6.45, 7) is 0.740. The minimum absolute atomic E-state index is 0. The van der Waals surface area contributed by atoms with E-state index in [-0.39, 0.29) is 30.1 Å². The molecule has 1 aliphatic heterocycles. The van der Waals surface area contributed by atoms with Gasteiger partial charge in [0.1, 0.15) is 5.75 Å². The highest BCUT2D eigenvalue weighted by atomic mass is 35.5. The van der Waals surface area contributed by atoms with Crippen LogP contribution in [0.15, 0.2) is 24.3 Å². The molecule has 2 N–H and O–H groups in total. The van der Waals surface area contributed by atoms with Crippen LogP contribution in [0, 0.1) is 5.92 Å². The Labute approximate surface area is 147 Å². The number of ether oxygens (including phenoxy) is 1. The highest BCUT2D eigenvalue weighted by molar-refractivity contribution is 5.85. The van der Waals surface area contributed by atoms with E-state index in [1.165, 1.54) is 12.1 Å². The molecular formula is C17H25ClF2N2O2. The first-order chi connectivity index (χ1) is 11.0. The second-order valence-corrected chi connectivity index (χ2v) is 6.10. The molecular weight excluding hydrogens is 338 g/mol. The summed E-state index contributed by atoms with van der Waals surface area (Å²) >= 11 is 0. The van der Waals surface area contributed by atoms with Crippen molar-refractivity contribution in [3.8, 4) is 5.75 Å². The first-order valence-corrected chi connectivity index (χ1v) is 8.03. The van der Waals surface area contributed by atoms with Crippen molar-refractivity contribution in [3.05, 3.63) is 29.8 Å². The summed E-state index contributed by atoms with van der Waals surface area (Å²) in [5, 5.41) is 0. The summed E-state index contributed by atoms with van der Waals surface area (Å²) < 4.78 is 28.5. The molecule has 0 spiro atoms. The van der Waals surface area contributed by atoms with Crippen molar-refractivity contribution in [1.82, 2.24) is 4.90 Å². The number of piperidine rings is 1. The molecule has 0 aromatic heterocycles. The fourth-order valence-corrected chi connectivity index (χ4v) is 2.92. The summed E-state index contributed by atoms with van der Waals surface area (Å²) in [5.74, 6) is 0.774. The third kappa shape index (κ3) is 6.24. The number of likely N-dealkylation sites (tertiary alicyclic amines) is 1. The maximum atomic E-state index is 12.2. The van der Waals surface area contributed by atoms with Gasteiger partial charge in [-0.3, -0.25) is 4.79 Å². The second kappa shape index (κ2) is 9.79. The lowest BCUT2D eigenvalue weighted by atomic mass is 9.91. The molecule has 0 aliphatic carbocycles. The van der Waals surface area contributed by atoms with Crippen molar-refractivity contribution in [2.75, 3.05) is 13.1 Å². The zero-order valence-electron chi connectivity index (χ0n) is 13.8. The zero-order chi connectivity index (χ0) is 16.8. The highest BCUT2D eigenvalue weighted by Crippen LogP contribution is 2.21. The van der Waals surface area contributed by atoms with Gasteiger partial charge >= 0.3 is 6.61 Å². The van der Waals surface area contributed by atoms with Gasteiger partial charge in [-0.1, -0.05) is 12.1 Å². The van der Waals surface area contributed by atoms with E-state index < -0.39 is 6.61 Å². The molecule has 1 aromatic rings. The molecule has 1 saturated heterocycles. The van der Waals surface area contributed by atoms with E-state index in [1.54, 1.807) is 12.1 Å². The van der Waals surface area contributed by atoms with Crippen LogP contribution in [0.3, 0.4) is 0 Å². The van der Waals surface area contributed by atoms with Gasteiger partial charge in [-0.15, -0.1) is 12.4 Å². The summed E-state index contributed by atoms with van der Waals surface area (Å²) in [7, 11) is 0. The molecule has 0 bridgehead atoms. The van der Waals surface area contributed by atoms with Crippen LogP contribution in [0.5, 0.6) is 5.75 Å². The number of carbonyl (C=O) groups is 1. The fourth-order valence-electron chi connectivity index (χ4n) is 2.92. The number of aryl methyl sites for hydroxylation is 1. The van der Waals surface area contributed by atoms with Crippen LogP contribution in [-0.2, 0) is 11.2 Å². The minimum atomic E-state index is -2.82. The van der Waals surface area contributed by atoms with Gasteiger partial charge in [-0.25, -0.2) is 0 Å². The number of halogens is 3. The number of hydrogen-bond acceptors (Lipinski definition) is 3. The molecule has 1 unspecified atom stereocenters. The quantitative estimate of drug-likeness (QED) is 0.845. The molecule has 24 heavy (non-hydrogen) atoms. The molecule has 1 aromatic carbocycles. The van der Waals surface area contributed by atoms with Crippen LogP contribution in [0.4, 0.5) is 8.78 Å². The molecule has 0 saturated carbocycles. The standard InChI is InChI=1S/C17H24F2N2O2.ClH/c1-12(20)14-8-10-21(11-9-14)16(22)7-4-13-2-5-15(6-3-13)23-17(18)19;/h2-3,5-6,12,14,17H,4,7-11,20H2,1H3;1H. The molecule has 2 rings (SSSR count). The number of amides is 1. The summed E-state index contributed by atoms with van der Waals surface area (Å²) in [4.78, 5) is 14.1. The summed E-state index contributed by atoms with van der Waals surface area (Å²) in [5.41, 5.74) is 6.84. The van der Waals surface area contributed by atoms with Gasteiger partial charge in [0.25, 0.3) is 0 Å². The lowest BCUT2D eigenvalue weighted by molar-refractivity contribution is -0.132. The number of nitrogens with zero attached hydrogens (tertiary/aromatic N) is 1. The van der Waals surface area contributed by atoms with Gasteiger partial charge in [0.2, 0.25) is 5.91 Å². The third-order valence-electron chi connectivity index (χ3n) is 4.41. The Balaban J connectivity index is 0.00000288. The molecule has 4 nitrogen and oxygen atoms in total. The van der Waals surface area contributed by atoms with Crippen molar-refractivity contribution in [2.24, 2.45) is 11.7 Å². The first-order valence-electron chi connectivity index (χ1n) is 8.03.